The van der Waals surface area contributed by atoms with Gasteiger partial charge in [0, 0.05) is 13.6 Å². The molecular weight excluding hydrogens is 272 g/mol. The Labute approximate surface area is 125 Å². The number of nitrogens with zero attached hydrogens (tertiary/aromatic N) is 1. The van der Waals surface area contributed by atoms with Crippen LogP contribution in [0, 0.1) is 11.8 Å². The number of nitrogens with one attached hydrogen (secondary N) is 1. The normalized spacial score (nSPS) is 35.7. The van der Waals surface area contributed by atoms with Gasteiger partial charge in [0.1, 0.15) is 5.54 Å². The van der Waals surface area contributed by atoms with Crippen LogP contribution in [0.15, 0.2) is 0 Å². The maximum atomic E-state index is 12.2. The highest BCUT2D eigenvalue weighted by Crippen LogP contribution is 2.32. The average molecular weight is 298 g/mol. The molecule has 0 aromatic heterocycles. The Morgan fingerprint density at radius 2 is 1.86 bits per heavy atom. The van der Waals surface area contributed by atoms with Crippen molar-refractivity contribution in [2.24, 2.45) is 11.8 Å². The number of rotatable bonds is 4. The zero-order valence-electron chi connectivity index (χ0n) is 12.8. The Bertz CT molecular complexity index is 398. The van der Waals surface area contributed by atoms with Gasteiger partial charge in [-0.2, -0.15) is 0 Å². The van der Waals surface area contributed by atoms with E-state index in [1.54, 1.807) is 11.9 Å². The van der Waals surface area contributed by atoms with E-state index in [4.69, 9.17) is 0 Å². The fourth-order valence-electron chi connectivity index (χ4n) is 3.27. The van der Waals surface area contributed by atoms with Crippen molar-refractivity contribution in [3.8, 4) is 0 Å². The van der Waals surface area contributed by atoms with E-state index in [-0.39, 0.29) is 12.1 Å². The zero-order valence-corrected chi connectivity index (χ0v) is 12.8. The third-order valence-corrected chi connectivity index (χ3v) is 4.97. The average Bonchev–Trinajstić information content (AvgIpc) is 2.39. The molecule has 0 aromatic rings. The molecule has 0 unspecified atom stereocenters. The fraction of sp³-hybridized carbons (Fsp3) is 0.867. The first-order chi connectivity index (χ1) is 9.82. The number of aliphatic hydroxyl groups is 1. The summed E-state index contributed by atoms with van der Waals surface area (Å²) < 4.78 is 0. The van der Waals surface area contributed by atoms with Crippen molar-refractivity contribution < 1.29 is 19.8 Å². The van der Waals surface area contributed by atoms with Crippen molar-refractivity contribution in [1.29, 1.82) is 0 Å². The van der Waals surface area contributed by atoms with E-state index in [1.165, 1.54) is 0 Å². The van der Waals surface area contributed by atoms with Crippen molar-refractivity contribution in [2.75, 3.05) is 13.6 Å². The maximum absolute atomic E-state index is 12.2. The number of aliphatic hydroxyl groups excluding tert-OH is 1. The van der Waals surface area contributed by atoms with Crippen LogP contribution in [0.2, 0.25) is 0 Å². The standard InChI is InChI=1S/C15H26N2O4/c1-10-3-5-15(6-4-10,13(19)20)16-14(21)17(2)9-11-7-12(18)8-11/h10-12,18H,3-9H2,1-2H3,(H,16,21)(H,19,20). The molecule has 2 saturated carbocycles. The number of carboxylic acids is 1. The summed E-state index contributed by atoms with van der Waals surface area (Å²) in [5, 5.41) is 21.5. The summed E-state index contributed by atoms with van der Waals surface area (Å²) in [4.78, 5) is 25.4. The molecule has 2 aliphatic carbocycles. The van der Waals surface area contributed by atoms with Gasteiger partial charge in [0.25, 0.3) is 0 Å². The van der Waals surface area contributed by atoms with Crippen molar-refractivity contribution >= 4 is 12.0 Å². The monoisotopic (exact) mass is 298 g/mol. The van der Waals surface area contributed by atoms with E-state index in [0.717, 1.165) is 25.7 Å². The predicted molar refractivity (Wildman–Crippen MR) is 77.9 cm³/mol. The molecule has 0 heterocycles. The van der Waals surface area contributed by atoms with Gasteiger partial charge in [-0.3, -0.25) is 0 Å². The molecule has 2 rings (SSSR count). The van der Waals surface area contributed by atoms with Crippen LogP contribution >= 0.6 is 0 Å². The van der Waals surface area contributed by atoms with Crippen LogP contribution in [0.1, 0.15) is 45.4 Å². The van der Waals surface area contributed by atoms with Crippen LogP contribution < -0.4 is 5.32 Å². The van der Waals surface area contributed by atoms with Crippen LogP contribution in [-0.4, -0.2) is 52.3 Å². The van der Waals surface area contributed by atoms with Gasteiger partial charge in [0.05, 0.1) is 6.10 Å². The summed E-state index contributed by atoms with van der Waals surface area (Å²) in [6.45, 7) is 2.68. The molecule has 6 nitrogen and oxygen atoms in total. The fourth-order valence-corrected chi connectivity index (χ4v) is 3.27. The third kappa shape index (κ3) is 3.67. The first-order valence-corrected chi connectivity index (χ1v) is 7.77. The number of aliphatic carboxylic acids is 1. The van der Waals surface area contributed by atoms with Crippen LogP contribution in [0.3, 0.4) is 0 Å². The predicted octanol–water partition coefficient (Wildman–Crippen LogP) is 1.43. The van der Waals surface area contributed by atoms with E-state index in [0.29, 0.717) is 31.2 Å². The summed E-state index contributed by atoms with van der Waals surface area (Å²) in [6, 6.07) is -0.326. The van der Waals surface area contributed by atoms with E-state index >= 15 is 0 Å². The van der Waals surface area contributed by atoms with Gasteiger partial charge in [0.15, 0.2) is 0 Å². The molecule has 0 bridgehead atoms. The summed E-state index contributed by atoms with van der Waals surface area (Å²) in [5.74, 6) is -0.0957. The van der Waals surface area contributed by atoms with Crippen molar-refractivity contribution in [3.63, 3.8) is 0 Å². The van der Waals surface area contributed by atoms with Gasteiger partial charge in [-0.15, -0.1) is 0 Å². The van der Waals surface area contributed by atoms with Crippen molar-refractivity contribution in [2.45, 2.75) is 57.1 Å². The summed E-state index contributed by atoms with van der Waals surface area (Å²) in [6.07, 6.45) is 3.84. The number of urea groups is 1. The van der Waals surface area contributed by atoms with Gasteiger partial charge in [-0.25, -0.2) is 9.59 Å². The summed E-state index contributed by atoms with van der Waals surface area (Å²) in [5.41, 5.74) is -1.11. The molecule has 2 fully saturated rings. The lowest BCUT2D eigenvalue weighted by Gasteiger charge is -2.39. The molecule has 0 spiro atoms. The van der Waals surface area contributed by atoms with Gasteiger partial charge < -0.3 is 20.4 Å². The van der Waals surface area contributed by atoms with E-state index in [9.17, 15) is 19.8 Å². The molecule has 2 aliphatic rings. The van der Waals surface area contributed by atoms with Gasteiger partial charge in [0.2, 0.25) is 0 Å². The number of carbonyl (C=O) groups excluding carboxylic acids is 1. The molecule has 0 saturated heterocycles. The number of hydrogen-bond acceptors (Lipinski definition) is 3. The van der Waals surface area contributed by atoms with Crippen LogP contribution in [0.5, 0.6) is 0 Å². The van der Waals surface area contributed by atoms with Gasteiger partial charge >= 0.3 is 12.0 Å². The van der Waals surface area contributed by atoms with Crippen molar-refractivity contribution in [1.82, 2.24) is 10.2 Å². The Balaban J connectivity index is 1.90. The lowest BCUT2D eigenvalue weighted by Crippen LogP contribution is -2.59. The van der Waals surface area contributed by atoms with Crippen LogP contribution in [0.25, 0.3) is 0 Å². The number of hydrogen-bond donors (Lipinski definition) is 3. The second-order valence-electron chi connectivity index (χ2n) is 6.87. The molecule has 0 aliphatic heterocycles. The molecule has 0 aromatic carbocycles. The molecular formula is C15H26N2O4. The Morgan fingerprint density at radius 3 is 2.33 bits per heavy atom. The first-order valence-electron chi connectivity index (χ1n) is 7.77. The molecule has 6 heteroatoms. The highest BCUT2D eigenvalue weighted by molar-refractivity contribution is 5.86. The molecule has 0 radical (unpaired) electrons. The maximum Gasteiger partial charge on any atom is 0.329 e. The number of amides is 2. The van der Waals surface area contributed by atoms with E-state index < -0.39 is 11.5 Å². The molecule has 21 heavy (non-hydrogen) atoms. The zero-order chi connectivity index (χ0) is 15.6. The first kappa shape index (κ1) is 16.1. The van der Waals surface area contributed by atoms with Gasteiger partial charge in [-0.1, -0.05) is 6.92 Å². The largest absolute Gasteiger partial charge is 0.480 e. The Morgan fingerprint density at radius 1 is 1.29 bits per heavy atom. The quantitative estimate of drug-likeness (QED) is 0.732. The highest BCUT2D eigenvalue weighted by atomic mass is 16.4. The van der Waals surface area contributed by atoms with Crippen molar-refractivity contribution in [3.05, 3.63) is 0 Å². The Kier molecular flexibility index (Phi) is 4.76. The lowest BCUT2D eigenvalue weighted by molar-refractivity contribution is -0.146. The molecule has 120 valence electrons. The smallest absolute Gasteiger partial charge is 0.329 e. The second kappa shape index (κ2) is 6.22. The molecule has 0 atom stereocenters. The van der Waals surface area contributed by atoms with E-state index in [2.05, 4.69) is 12.2 Å². The summed E-state index contributed by atoms with van der Waals surface area (Å²) in [7, 11) is 1.68. The van der Waals surface area contributed by atoms with E-state index in [1.807, 2.05) is 0 Å². The third-order valence-electron chi connectivity index (χ3n) is 4.97. The second-order valence-corrected chi connectivity index (χ2v) is 6.87. The van der Waals surface area contributed by atoms with Crippen LogP contribution in [0.4, 0.5) is 4.79 Å². The highest BCUT2D eigenvalue weighted by Gasteiger charge is 2.43. The number of carbonyl (C=O) groups is 2. The van der Waals surface area contributed by atoms with Gasteiger partial charge in [-0.05, 0) is 50.4 Å². The number of carboxylic acid groups (broad SMARTS) is 1. The lowest BCUT2D eigenvalue weighted by atomic mass is 9.77. The van der Waals surface area contributed by atoms with Crippen LogP contribution in [-0.2, 0) is 4.79 Å². The minimum atomic E-state index is -1.11. The Hall–Kier alpha value is -1.30. The topological polar surface area (TPSA) is 89.9 Å². The SMILES string of the molecule is CC1CCC(NC(=O)N(C)CC2CC(O)C2)(C(=O)O)CC1. The minimum Gasteiger partial charge on any atom is -0.480 e. The molecule has 2 amide bonds. The molecule has 3 N–H and O–H groups in total. The minimum absolute atomic E-state index is 0.239. The summed E-state index contributed by atoms with van der Waals surface area (Å²) >= 11 is 0.